The molecule has 0 aliphatic carbocycles. The molecule has 0 saturated heterocycles. The van der Waals surface area contributed by atoms with Crippen LogP contribution in [0.25, 0.3) is 17.1 Å². The fourth-order valence-electron chi connectivity index (χ4n) is 2.54. The van der Waals surface area contributed by atoms with Gasteiger partial charge in [-0.2, -0.15) is 9.67 Å². The number of hydrogen-bond donors (Lipinski definition) is 0. The summed E-state index contributed by atoms with van der Waals surface area (Å²) < 4.78 is 25.3. The van der Waals surface area contributed by atoms with Gasteiger partial charge in [0.2, 0.25) is 16.9 Å². The zero-order valence-corrected chi connectivity index (χ0v) is 15.9. The van der Waals surface area contributed by atoms with Crippen LogP contribution in [0.4, 0.5) is 4.39 Å². The van der Waals surface area contributed by atoms with Crippen molar-refractivity contribution >= 4 is 11.8 Å². The van der Waals surface area contributed by atoms with Crippen LogP contribution in [0.2, 0.25) is 0 Å². The normalized spacial score (nSPS) is 11.0. The lowest BCUT2D eigenvalue weighted by Gasteiger charge is -2.09. The van der Waals surface area contributed by atoms with Crippen LogP contribution in [0.15, 0.2) is 52.1 Å². The molecule has 2 heterocycles. The molecule has 8 nitrogen and oxygen atoms in total. The van der Waals surface area contributed by atoms with Crippen LogP contribution >= 0.6 is 11.8 Å². The summed E-state index contributed by atoms with van der Waals surface area (Å²) in [4.78, 5) is 4.34. The predicted molar refractivity (Wildman–Crippen MR) is 99.7 cm³/mol. The summed E-state index contributed by atoms with van der Waals surface area (Å²) in [7, 11) is 1.60. The van der Waals surface area contributed by atoms with Gasteiger partial charge in [-0.15, -0.1) is 5.10 Å². The Hall–Kier alpha value is -3.27. The number of hydrogen-bond acceptors (Lipinski definition) is 8. The van der Waals surface area contributed by atoms with E-state index in [-0.39, 0.29) is 5.82 Å². The van der Waals surface area contributed by atoms with Gasteiger partial charge in [0.05, 0.1) is 12.9 Å². The third kappa shape index (κ3) is 3.72. The van der Waals surface area contributed by atoms with Gasteiger partial charge in [0, 0.05) is 5.56 Å². The number of halogens is 1. The second-order valence-electron chi connectivity index (χ2n) is 5.86. The Morgan fingerprint density at radius 2 is 2.00 bits per heavy atom. The second kappa shape index (κ2) is 7.77. The molecule has 4 aromatic rings. The molecule has 0 bridgehead atoms. The molecule has 0 aliphatic rings. The van der Waals surface area contributed by atoms with E-state index in [9.17, 15) is 4.39 Å². The van der Waals surface area contributed by atoms with E-state index in [0.29, 0.717) is 33.9 Å². The van der Waals surface area contributed by atoms with Gasteiger partial charge in [-0.3, -0.25) is 0 Å². The van der Waals surface area contributed by atoms with Gasteiger partial charge < -0.3 is 9.26 Å². The summed E-state index contributed by atoms with van der Waals surface area (Å²) in [6, 6.07) is 11.7. The molecule has 0 atom stereocenters. The summed E-state index contributed by atoms with van der Waals surface area (Å²) >= 11 is 1.35. The lowest BCUT2D eigenvalue weighted by atomic mass is 10.2. The van der Waals surface area contributed by atoms with Crippen molar-refractivity contribution in [3.8, 4) is 22.8 Å². The number of nitrogens with zero attached hydrogens (tertiary/aromatic N) is 6. The zero-order valence-electron chi connectivity index (χ0n) is 15.0. The molecular weight excluding hydrogens is 383 g/mol. The first-order chi connectivity index (χ1) is 13.6. The quantitative estimate of drug-likeness (QED) is 0.456. The predicted octanol–water partition coefficient (Wildman–Crippen LogP) is 3.46. The van der Waals surface area contributed by atoms with Crippen molar-refractivity contribution in [1.82, 2.24) is 30.3 Å². The Labute approximate surface area is 163 Å². The third-order valence-corrected chi connectivity index (χ3v) is 4.80. The number of rotatable bonds is 6. The van der Waals surface area contributed by atoms with E-state index in [0.717, 1.165) is 11.3 Å². The standard InChI is InChI=1S/C18H15FN6O2S/c1-11-3-8-15(26-2)14(9-11)25-18(21-23-24-25)28-10-16-20-17(22-27-16)12-4-6-13(19)7-5-12/h3-9H,10H2,1-2H3. The van der Waals surface area contributed by atoms with E-state index >= 15 is 0 Å². The van der Waals surface area contributed by atoms with Crippen molar-refractivity contribution in [1.29, 1.82) is 0 Å². The Kier molecular flexibility index (Phi) is 5.02. The maximum Gasteiger partial charge on any atom is 0.237 e. The van der Waals surface area contributed by atoms with Gasteiger partial charge in [0.25, 0.3) is 0 Å². The van der Waals surface area contributed by atoms with Gasteiger partial charge in [0.15, 0.2) is 0 Å². The number of benzene rings is 2. The Morgan fingerprint density at radius 3 is 2.79 bits per heavy atom. The summed E-state index contributed by atoms with van der Waals surface area (Å²) in [5.74, 6) is 1.53. The van der Waals surface area contributed by atoms with E-state index in [1.807, 2.05) is 25.1 Å². The largest absolute Gasteiger partial charge is 0.494 e. The fraction of sp³-hybridized carbons (Fsp3) is 0.167. The average molecular weight is 398 g/mol. The molecule has 2 aromatic carbocycles. The van der Waals surface area contributed by atoms with E-state index in [1.165, 1.54) is 23.9 Å². The van der Waals surface area contributed by atoms with Gasteiger partial charge >= 0.3 is 0 Å². The number of thioether (sulfide) groups is 1. The molecule has 28 heavy (non-hydrogen) atoms. The molecule has 0 aliphatic heterocycles. The molecule has 0 saturated carbocycles. The first-order valence-corrected chi connectivity index (χ1v) is 9.27. The second-order valence-corrected chi connectivity index (χ2v) is 6.80. The molecule has 0 radical (unpaired) electrons. The molecule has 0 unspecified atom stereocenters. The van der Waals surface area contributed by atoms with Crippen LogP contribution in [0.5, 0.6) is 5.75 Å². The smallest absolute Gasteiger partial charge is 0.237 e. The number of ether oxygens (including phenoxy) is 1. The molecule has 0 amide bonds. The molecular formula is C18H15FN6O2S. The summed E-state index contributed by atoms with van der Waals surface area (Å²) in [6.45, 7) is 1.98. The lowest BCUT2D eigenvalue weighted by Crippen LogP contribution is -2.02. The summed E-state index contributed by atoms with van der Waals surface area (Å²) in [5, 5.41) is 16.4. The van der Waals surface area contributed by atoms with Crippen molar-refractivity contribution in [3.05, 3.63) is 59.7 Å². The van der Waals surface area contributed by atoms with Crippen LogP contribution in [-0.2, 0) is 5.75 Å². The lowest BCUT2D eigenvalue weighted by molar-refractivity contribution is 0.391. The third-order valence-electron chi connectivity index (χ3n) is 3.90. The van der Waals surface area contributed by atoms with E-state index < -0.39 is 0 Å². The van der Waals surface area contributed by atoms with E-state index in [1.54, 1.807) is 23.9 Å². The first-order valence-electron chi connectivity index (χ1n) is 8.29. The first kappa shape index (κ1) is 18.1. The Balaban J connectivity index is 1.52. The van der Waals surface area contributed by atoms with Gasteiger partial charge in [0.1, 0.15) is 17.3 Å². The maximum atomic E-state index is 13.0. The van der Waals surface area contributed by atoms with Crippen molar-refractivity contribution in [2.75, 3.05) is 7.11 Å². The van der Waals surface area contributed by atoms with Crippen LogP contribution in [0.1, 0.15) is 11.5 Å². The minimum absolute atomic E-state index is 0.318. The highest BCUT2D eigenvalue weighted by Gasteiger charge is 2.16. The van der Waals surface area contributed by atoms with Crippen LogP contribution < -0.4 is 4.74 Å². The van der Waals surface area contributed by atoms with Crippen molar-refractivity contribution < 1.29 is 13.7 Å². The average Bonchev–Trinajstić information content (AvgIpc) is 3.36. The highest BCUT2D eigenvalue weighted by molar-refractivity contribution is 7.98. The minimum atomic E-state index is -0.318. The highest BCUT2D eigenvalue weighted by atomic mass is 32.2. The minimum Gasteiger partial charge on any atom is -0.494 e. The van der Waals surface area contributed by atoms with Crippen molar-refractivity contribution in [3.63, 3.8) is 0 Å². The Morgan fingerprint density at radius 1 is 1.18 bits per heavy atom. The molecule has 2 aromatic heterocycles. The number of methoxy groups -OCH3 is 1. The SMILES string of the molecule is COc1ccc(C)cc1-n1nnnc1SCc1nc(-c2ccc(F)cc2)no1. The Bertz CT molecular complexity index is 1100. The van der Waals surface area contributed by atoms with Gasteiger partial charge in [-0.25, -0.2) is 4.39 Å². The van der Waals surface area contributed by atoms with Crippen LogP contribution in [0, 0.1) is 12.7 Å². The number of aryl methyl sites for hydroxylation is 1. The summed E-state index contributed by atoms with van der Waals surface area (Å²) in [6.07, 6.45) is 0. The van der Waals surface area contributed by atoms with Gasteiger partial charge in [-0.1, -0.05) is 23.0 Å². The maximum absolute atomic E-state index is 13.0. The highest BCUT2D eigenvalue weighted by Crippen LogP contribution is 2.28. The summed E-state index contributed by atoms with van der Waals surface area (Å²) in [5.41, 5.74) is 2.48. The number of tetrazole rings is 1. The zero-order chi connectivity index (χ0) is 19.5. The molecule has 10 heteroatoms. The van der Waals surface area contributed by atoms with E-state index in [2.05, 4.69) is 25.7 Å². The molecule has 0 N–H and O–H groups in total. The molecule has 0 fully saturated rings. The topological polar surface area (TPSA) is 91.8 Å². The van der Waals surface area contributed by atoms with E-state index in [4.69, 9.17) is 9.26 Å². The number of aromatic nitrogens is 6. The van der Waals surface area contributed by atoms with Crippen LogP contribution in [-0.4, -0.2) is 37.5 Å². The van der Waals surface area contributed by atoms with Gasteiger partial charge in [-0.05, 0) is 59.3 Å². The fourth-order valence-corrected chi connectivity index (χ4v) is 3.26. The van der Waals surface area contributed by atoms with Crippen molar-refractivity contribution in [2.45, 2.75) is 17.8 Å². The molecule has 142 valence electrons. The monoisotopic (exact) mass is 398 g/mol. The van der Waals surface area contributed by atoms with Crippen LogP contribution in [0.3, 0.4) is 0 Å². The van der Waals surface area contributed by atoms with Crippen molar-refractivity contribution in [2.24, 2.45) is 0 Å². The molecule has 4 rings (SSSR count). The molecule has 0 spiro atoms.